The van der Waals surface area contributed by atoms with Crippen LogP contribution in [0.5, 0.6) is 5.75 Å². The van der Waals surface area contributed by atoms with E-state index in [-0.39, 0.29) is 5.91 Å². The third-order valence-corrected chi connectivity index (χ3v) is 6.23. The number of piperidine rings is 1. The molecule has 0 aliphatic carbocycles. The normalized spacial score (nSPS) is 17.2. The Morgan fingerprint density at radius 3 is 3.04 bits per heavy atom. The number of para-hydroxylation sites is 2. The predicted octanol–water partition coefficient (Wildman–Crippen LogP) is 4.17. The maximum Gasteiger partial charge on any atom is 0.233 e. The molecule has 1 aromatic heterocycles. The number of aromatic nitrogens is 2. The number of hydrogen-bond donors (Lipinski definition) is 1. The van der Waals surface area contributed by atoms with E-state index in [4.69, 9.17) is 4.74 Å². The lowest BCUT2D eigenvalue weighted by atomic mass is 10.0. The van der Waals surface area contributed by atoms with Crippen molar-refractivity contribution < 1.29 is 9.53 Å². The number of nitrogens with one attached hydrogen (secondary N) is 1. The van der Waals surface area contributed by atoms with Gasteiger partial charge in [-0.2, -0.15) is 0 Å². The van der Waals surface area contributed by atoms with Gasteiger partial charge in [-0.05, 0) is 45.2 Å². The van der Waals surface area contributed by atoms with Crippen LogP contribution < -0.4 is 10.1 Å². The molecule has 1 N–H and O–H groups in total. The minimum Gasteiger partial charge on any atom is -0.492 e. The molecule has 1 aliphatic heterocycles. The van der Waals surface area contributed by atoms with Gasteiger partial charge in [-0.1, -0.05) is 35.2 Å². The van der Waals surface area contributed by atoms with Gasteiger partial charge in [0.05, 0.1) is 18.0 Å². The molecule has 2 heterocycles. The average molecular weight is 393 g/mol. The average Bonchev–Trinajstić information content (AvgIpc) is 3.09. The van der Waals surface area contributed by atoms with Gasteiger partial charge in [0, 0.05) is 12.6 Å². The Hall–Kier alpha value is -1.80. The highest BCUT2D eigenvalue weighted by Crippen LogP contribution is 2.32. The zero-order valence-corrected chi connectivity index (χ0v) is 16.7. The van der Waals surface area contributed by atoms with E-state index in [0.717, 1.165) is 35.2 Å². The van der Waals surface area contributed by atoms with Crippen molar-refractivity contribution in [2.75, 3.05) is 24.2 Å². The molecule has 2 aromatic rings. The Labute approximate surface area is 162 Å². The molecule has 1 fully saturated rings. The molecule has 1 aliphatic rings. The Bertz CT molecular complexity index is 737. The first-order valence-electron chi connectivity index (χ1n) is 8.92. The van der Waals surface area contributed by atoms with Crippen molar-refractivity contribution in [3.05, 3.63) is 24.3 Å². The number of likely N-dealkylation sites (tertiary alicyclic amines) is 1. The molecule has 1 saturated heterocycles. The second kappa shape index (κ2) is 9.23. The molecular weight excluding hydrogens is 368 g/mol. The number of thioether (sulfide) groups is 1. The second-order valence-corrected chi connectivity index (χ2v) is 8.35. The van der Waals surface area contributed by atoms with Gasteiger partial charge in [-0.3, -0.25) is 4.79 Å². The van der Waals surface area contributed by atoms with Gasteiger partial charge in [0.15, 0.2) is 4.34 Å². The van der Waals surface area contributed by atoms with Crippen molar-refractivity contribution >= 4 is 39.8 Å². The Morgan fingerprint density at radius 2 is 2.23 bits per heavy atom. The zero-order chi connectivity index (χ0) is 18.4. The van der Waals surface area contributed by atoms with Crippen LogP contribution in [0.4, 0.5) is 10.8 Å². The van der Waals surface area contributed by atoms with Gasteiger partial charge >= 0.3 is 0 Å². The summed E-state index contributed by atoms with van der Waals surface area (Å²) in [7, 11) is 0. The number of anilines is 2. The molecule has 140 valence electrons. The zero-order valence-electron chi connectivity index (χ0n) is 15.1. The fourth-order valence-corrected chi connectivity index (χ4v) is 4.61. The standard InChI is InChI=1S/C18H24N4O2S2/c1-3-24-15-10-5-4-9-14(15)19-17-20-21-18(26-17)25-12-16(23)22-11-7-6-8-13(22)2/h4-5,9-10,13H,3,6-8,11-12H2,1-2H3,(H,19,20). The molecule has 1 amide bonds. The number of carbonyl (C=O) groups is 1. The first-order chi connectivity index (χ1) is 12.7. The van der Waals surface area contributed by atoms with E-state index in [1.165, 1.54) is 29.5 Å². The van der Waals surface area contributed by atoms with Gasteiger partial charge in [0.25, 0.3) is 0 Å². The lowest BCUT2D eigenvalue weighted by Gasteiger charge is -2.33. The van der Waals surface area contributed by atoms with Crippen molar-refractivity contribution in [2.45, 2.75) is 43.5 Å². The molecule has 6 nitrogen and oxygen atoms in total. The fourth-order valence-electron chi connectivity index (χ4n) is 2.96. The SMILES string of the molecule is CCOc1ccccc1Nc1nnc(SCC(=O)N2CCCCC2C)s1. The van der Waals surface area contributed by atoms with E-state index < -0.39 is 0 Å². The molecule has 0 spiro atoms. The summed E-state index contributed by atoms with van der Waals surface area (Å²) >= 11 is 2.90. The van der Waals surface area contributed by atoms with Crippen LogP contribution in [0.25, 0.3) is 0 Å². The van der Waals surface area contributed by atoms with Crippen LogP contribution in [-0.2, 0) is 4.79 Å². The number of ether oxygens (including phenoxy) is 1. The van der Waals surface area contributed by atoms with Gasteiger partial charge < -0.3 is 15.0 Å². The molecule has 26 heavy (non-hydrogen) atoms. The predicted molar refractivity (Wildman–Crippen MR) is 107 cm³/mol. The molecule has 8 heteroatoms. The van der Waals surface area contributed by atoms with E-state index in [1.54, 1.807) is 0 Å². The van der Waals surface area contributed by atoms with Gasteiger partial charge in [-0.25, -0.2) is 0 Å². The molecule has 0 radical (unpaired) electrons. The van der Waals surface area contributed by atoms with E-state index in [9.17, 15) is 4.79 Å². The summed E-state index contributed by atoms with van der Waals surface area (Å²) in [4.78, 5) is 14.4. The number of rotatable bonds is 7. The van der Waals surface area contributed by atoms with Crippen molar-refractivity contribution in [3.8, 4) is 5.75 Å². The van der Waals surface area contributed by atoms with Crippen molar-refractivity contribution in [1.82, 2.24) is 15.1 Å². The first kappa shape index (κ1) is 19.0. The summed E-state index contributed by atoms with van der Waals surface area (Å²) in [5, 5.41) is 12.3. The van der Waals surface area contributed by atoms with E-state index in [1.807, 2.05) is 36.1 Å². The summed E-state index contributed by atoms with van der Waals surface area (Å²) in [6.45, 7) is 5.56. The number of benzene rings is 1. The minimum atomic E-state index is 0.189. The summed E-state index contributed by atoms with van der Waals surface area (Å²) in [6, 6.07) is 8.09. The van der Waals surface area contributed by atoms with Crippen LogP contribution >= 0.6 is 23.1 Å². The van der Waals surface area contributed by atoms with Crippen LogP contribution in [-0.4, -0.2) is 46.0 Å². The first-order valence-corrected chi connectivity index (χ1v) is 10.7. The number of amides is 1. The van der Waals surface area contributed by atoms with Crippen LogP contribution in [0.2, 0.25) is 0 Å². The molecular formula is C18H24N4O2S2. The maximum absolute atomic E-state index is 12.4. The summed E-state index contributed by atoms with van der Waals surface area (Å²) < 4.78 is 6.40. The van der Waals surface area contributed by atoms with Gasteiger partial charge in [0.1, 0.15) is 5.75 Å². The minimum absolute atomic E-state index is 0.189. The van der Waals surface area contributed by atoms with Gasteiger partial charge in [-0.15, -0.1) is 10.2 Å². The molecule has 1 atom stereocenters. The molecule has 0 bridgehead atoms. The second-order valence-electron chi connectivity index (χ2n) is 6.15. The third kappa shape index (κ3) is 4.88. The highest BCUT2D eigenvalue weighted by Gasteiger charge is 2.23. The number of hydrogen-bond acceptors (Lipinski definition) is 7. The van der Waals surface area contributed by atoms with Crippen molar-refractivity contribution in [3.63, 3.8) is 0 Å². The van der Waals surface area contributed by atoms with Crippen molar-refractivity contribution in [1.29, 1.82) is 0 Å². The lowest BCUT2D eigenvalue weighted by Crippen LogP contribution is -2.42. The number of carbonyl (C=O) groups excluding carboxylic acids is 1. The molecule has 1 unspecified atom stereocenters. The molecule has 3 rings (SSSR count). The summed E-state index contributed by atoms with van der Waals surface area (Å²) in [6.07, 6.45) is 3.42. The smallest absolute Gasteiger partial charge is 0.233 e. The highest BCUT2D eigenvalue weighted by atomic mass is 32.2. The van der Waals surface area contributed by atoms with E-state index in [0.29, 0.717) is 23.5 Å². The number of nitrogens with zero attached hydrogens (tertiary/aromatic N) is 3. The molecule has 0 saturated carbocycles. The maximum atomic E-state index is 12.4. The van der Waals surface area contributed by atoms with E-state index >= 15 is 0 Å². The Balaban J connectivity index is 1.56. The quantitative estimate of drug-likeness (QED) is 0.713. The van der Waals surface area contributed by atoms with Crippen LogP contribution in [0.3, 0.4) is 0 Å². The van der Waals surface area contributed by atoms with Crippen molar-refractivity contribution in [2.24, 2.45) is 0 Å². The molecule has 1 aromatic carbocycles. The Morgan fingerprint density at radius 1 is 1.38 bits per heavy atom. The van der Waals surface area contributed by atoms with Crippen LogP contribution in [0, 0.1) is 0 Å². The topological polar surface area (TPSA) is 67.3 Å². The van der Waals surface area contributed by atoms with Gasteiger partial charge in [0.2, 0.25) is 11.0 Å². The van der Waals surface area contributed by atoms with Crippen LogP contribution in [0.1, 0.15) is 33.1 Å². The van der Waals surface area contributed by atoms with E-state index in [2.05, 4.69) is 22.4 Å². The lowest BCUT2D eigenvalue weighted by molar-refractivity contribution is -0.131. The Kier molecular flexibility index (Phi) is 6.73. The summed E-state index contributed by atoms with van der Waals surface area (Å²) in [5.41, 5.74) is 0.861. The van der Waals surface area contributed by atoms with Crippen LogP contribution in [0.15, 0.2) is 28.6 Å². The highest BCUT2D eigenvalue weighted by molar-refractivity contribution is 8.01. The monoisotopic (exact) mass is 392 g/mol. The summed E-state index contributed by atoms with van der Waals surface area (Å²) in [5.74, 6) is 1.39. The third-order valence-electron chi connectivity index (χ3n) is 4.28. The fraction of sp³-hybridized carbons (Fsp3) is 0.500. The largest absolute Gasteiger partial charge is 0.492 e.